The molecule has 190 valence electrons. The maximum absolute atomic E-state index is 12.9. The summed E-state index contributed by atoms with van der Waals surface area (Å²) >= 11 is 0. The van der Waals surface area contributed by atoms with Crippen LogP contribution >= 0.6 is 0 Å². The molecule has 0 aromatic heterocycles. The molecule has 3 aliphatic rings. The largest absolute Gasteiger partial charge is 0.444 e. The fourth-order valence-corrected chi connectivity index (χ4v) is 4.66. The average molecular weight is 488 g/mol. The summed E-state index contributed by atoms with van der Waals surface area (Å²) in [4.78, 5) is 59.5. The van der Waals surface area contributed by atoms with Crippen molar-refractivity contribution in [2.45, 2.75) is 76.8 Å². The number of ether oxygens (including phenoxy) is 1. The maximum atomic E-state index is 12.9. The number of rotatable bonds is 5. The second kappa shape index (κ2) is 10.1. The number of amides is 5. The van der Waals surface area contributed by atoms with Crippen LogP contribution in [-0.4, -0.2) is 75.6 Å². The summed E-state index contributed by atoms with van der Waals surface area (Å²) in [6, 6.07) is 7.63. The Balaban J connectivity index is 1.29. The maximum Gasteiger partial charge on any atom is 0.410 e. The minimum atomic E-state index is -0.726. The zero-order valence-corrected chi connectivity index (χ0v) is 20.4. The molecule has 1 aromatic carbocycles. The summed E-state index contributed by atoms with van der Waals surface area (Å²) in [6.07, 6.45) is 1.65. The van der Waals surface area contributed by atoms with Gasteiger partial charge in [0.1, 0.15) is 24.3 Å². The lowest BCUT2D eigenvalue weighted by Gasteiger charge is -2.30. The van der Waals surface area contributed by atoms with Gasteiger partial charge < -0.3 is 9.64 Å². The zero-order valence-electron chi connectivity index (χ0n) is 20.4. The molecular weight excluding hydrogens is 454 g/mol. The van der Waals surface area contributed by atoms with Gasteiger partial charge in [-0.1, -0.05) is 30.3 Å². The first-order valence-electron chi connectivity index (χ1n) is 12.0. The number of nitrogens with one attached hydrogen (secondary N) is 2. The van der Waals surface area contributed by atoms with E-state index in [1.54, 1.807) is 20.8 Å². The normalized spacial score (nSPS) is 23.9. The Morgan fingerprint density at radius 1 is 1.00 bits per heavy atom. The fourth-order valence-electron chi connectivity index (χ4n) is 4.66. The molecule has 11 nitrogen and oxygen atoms in total. The fraction of sp³-hybridized carbons (Fsp3) is 0.583. The number of carbonyl (C=O) groups is 4. The number of hydrogen-bond donors (Lipinski definition) is 2. The Morgan fingerprint density at radius 2 is 1.69 bits per heavy atom. The van der Waals surface area contributed by atoms with Crippen molar-refractivity contribution in [3.8, 4) is 0 Å². The van der Waals surface area contributed by atoms with E-state index < -0.39 is 35.6 Å². The molecular formula is C24H33N5O6. The van der Waals surface area contributed by atoms with E-state index in [1.165, 1.54) is 14.9 Å². The van der Waals surface area contributed by atoms with Gasteiger partial charge in [-0.2, -0.15) is 5.06 Å². The van der Waals surface area contributed by atoms with Gasteiger partial charge in [-0.25, -0.2) is 9.59 Å². The molecule has 0 unspecified atom stereocenters. The van der Waals surface area contributed by atoms with E-state index >= 15 is 0 Å². The molecule has 3 aliphatic heterocycles. The molecule has 2 bridgehead atoms. The summed E-state index contributed by atoms with van der Waals surface area (Å²) in [6.45, 7) is 6.34. The van der Waals surface area contributed by atoms with Crippen LogP contribution in [0.15, 0.2) is 30.3 Å². The predicted octanol–water partition coefficient (Wildman–Crippen LogP) is 1.93. The molecule has 3 saturated heterocycles. The van der Waals surface area contributed by atoms with E-state index in [0.29, 0.717) is 38.8 Å². The van der Waals surface area contributed by atoms with E-state index in [-0.39, 0.29) is 18.7 Å². The monoisotopic (exact) mass is 487 g/mol. The topological polar surface area (TPSA) is 121 Å². The van der Waals surface area contributed by atoms with Crippen LogP contribution < -0.4 is 10.9 Å². The Bertz CT molecular complexity index is 965. The van der Waals surface area contributed by atoms with Gasteiger partial charge in [0.05, 0.1) is 6.04 Å². The van der Waals surface area contributed by atoms with Crippen molar-refractivity contribution in [3.05, 3.63) is 35.9 Å². The van der Waals surface area contributed by atoms with Gasteiger partial charge in [0.25, 0.3) is 11.8 Å². The summed E-state index contributed by atoms with van der Waals surface area (Å²) in [5.74, 6) is -0.965. The number of hydroxylamine groups is 2. The van der Waals surface area contributed by atoms with E-state index in [2.05, 4.69) is 10.9 Å². The molecule has 2 N–H and O–H groups in total. The number of fused-ring (bicyclic) bond motifs is 2. The number of urea groups is 1. The van der Waals surface area contributed by atoms with E-state index in [4.69, 9.17) is 9.57 Å². The van der Waals surface area contributed by atoms with Crippen LogP contribution in [0.5, 0.6) is 0 Å². The highest BCUT2D eigenvalue weighted by molar-refractivity contribution is 5.91. The van der Waals surface area contributed by atoms with Gasteiger partial charge in [0, 0.05) is 13.1 Å². The number of carbonyl (C=O) groups excluding carboxylic acids is 4. The van der Waals surface area contributed by atoms with Crippen molar-refractivity contribution in [1.82, 2.24) is 25.7 Å². The minimum Gasteiger partial charge on any atom is -0.444 e. The van der Waals surface area contributed by atoms with Crippen molar-refractivity contribution in [2.24, 2.45) is 0 Å². The third kappa shape index (κ3) is 5.67. The number of hydrazine groups is 1. The van der Waals surface area contributed by atoms with Crippen molar-refractivity contribution in [2.75, 3.05) is 13.1 Å². The van der Waals surface area contributed by atoms with Crippen LogP contribution in [0, 0.1) is 0 Å². The molecule has 3 heterocycles. The van der Waals surface area contributed by atoms with Crippen molar-refractivity contribution in [3.63, 3.8) is 0 Å². The van der Waals surface area contributed by atoms with Gasteiger partial charge in [0.15, 0.2) is 0 Å². The van der Waals surface area contributed by atoms with Crippen molar-refractivity contribution >= 4 is 23.9 Å². The van der Waals surface area contributed by atoms with Gasteiger partial charge in [-0.15, -0.1) is 0 Å². The van der Waals surface area contributed by atoms with Crippen LogP contribution in [0.4, 0.5) is 9.59 Å². The first-order valence-corrected chi connectivity index (χ1v) is 12.0. The number of benzene rings is 1. The lowest BCUT2D eigenvalue weighted by molar-refractivity contribution is -0.140. The van der Waals surface area contributed by atoms with Crippen LogP contribution in [0.1, 0.15) is 52.0 Å². The molecule has 35 heavy (non-hydrogen) atoms. The van der Waals surface area contributed by atoms with E-state index in [0.717, 1.165) is 5.56 Å². The lowest BCUT2D eigenvalue weighted by Crippen LogP contribution is -2.57. The Hall–Kier alpha value is -3.34. The molecule has 1 aromatic rings. The quantitative estimate of drug-likeness (QED) is 0.613. The number of likely N-dealkylation sites (tertiary alicyclic amines) is 1. The highest BCUT2D eigenvalue weighted by atomic mass is 16.7. The molecule has 0 radical (unpaired) electrons. The molecule has 0 saturated carbocycles. The van der Waals surface area contributed by atoms with Crippen molar-refractivity contribution in [1.29, 1.82) is 0 Å². The first kappa shape index (κ1) is 24.8. The first-order chi connectivity index (χ1) is 16.6. The SMILES string of the molecule is CC(C)(C)OC(=O)N1CCC[C@H]1C(=O)NNC(=O)[C@H]1CC[C@H]2CN1C(=O)N2OCc1ccccc1. The smallest absolute Gasteiger partial charge is 0.410 e. The molecule has 5 amide bonds. The van der Waals surface area contributed by atoms with Gasteiger partial charge in [-0.05, 0) is 52.0 Å². The highest BCUT2D eigenvalue weighted by Crippen LogP contribution is 2.30. The number of hydrogen-bond acceptors (Lipinski definition) is 6. The Morgan fingerprint density at radius 3 is 2.37 bits per heavy atom. The number of nitrogens with zero attached hydrogens (tertiary/aromatic N) is 3. The second-order valence-corrected chi connectivity index (χ2v) is 10.1. The highest BCUT2D eigenvalue weighted by Gasteiger charge is 2.48. The molecule has 3 atom stereocenters. The van der Waals surface area contributed by atoms with E-state index in [1.807, 2.05) is 30.3 Å². The molecule has 0 aliphatic carbocycles. The van der Waals surface area contributed by atoms with E-state index in [9.17, 15) is 19.2 Å². The Labute approximate surface area is 204 Å². The van der Waals surface area contributed by atoms with Crippen LogP contribution in [0.2, 0.25) is 0 Å². The van der Waals surface area contributed by atoms with Crippen LogP contribution in [0.25, 0.3) is 0 Å². The minimum absolute atomic E-state index is 0.120. The molecule has 3 fully saturated rings. The molecule has 11 heteroatoms. The van der Waals surface area contributed by atoms with Gasteiger partial charge in [0.2, 0.25) is 0 Å². The summed E-state index contributed by atoms with van der Waals surface area (Å²) in [5.41, 5.74) is 5.15. The predicted molar refractivity (Wildman–Crippen MR) is 124 cm³/mol. The molecule has 0 spiro atoms. The van der Waals surface area contributed by atoms with Crippen LogP contribution in [0.3, 0.4) is 0 Å². The third-order valence-electron chi connectivity index (χ3n) is 6.33. The summed E-state index contributed by atoms with van der Waals surface area (Å²) in [5, 5.41) is 1.36. The number of piperidine rings is 1. The van der Waals surface area contributed by atoms with Gasteiger partial charge in [-0.3, -0.25) is 30.2 Å². The second-order valence-electron chi connectivity index (χ2n) is 10.1. The van der Waals surface area contributed by atoms with Crippen LogP contribution in [-0.2, 0) is 25.8 Å². The van der Waals surface area contributed by atoms with Gasteiger partial charge >= 0.3 is 12.1 Å². The summed E-state index contributed by atoms with van der Waals surface area (Å²) < 4.78 is 5.38. The summed E-state index contributed by atoms with van der Waals surface area (Å²) in [7, 11) is 0. The average Bonchev–Trinajstić information content (AvgIpc) is 3.40. The third-order valence-corrected chi connectivity index (χ3v) is 6.33. The van der Waals surface area contributed by atoms with Crippen molar-refractivity contribution < 1.29 is 28.8 Å². The standard InChI is InChI=1S/C24H33N5O6/c1-24(2,3)35-23(33)27-13-7-10-18(27)20(30)25-26-21(31)19-12-11-17-14-28(19)22(32)29(17)34-15-16-8-5-4-6-9-16/h4-6,8-9,17-19H,7,10-15H2,1-3H3,(H,25,30)(H,26,31)/t17-,18-,19+/m0/s1. The zero-order chi connectivity index (χ0) is 25.2. The molecule has 4 rings (SSSR count). The lowest BCUT2D eigenvalue weighted by atomic mass is 10.0. The Kier molecular flexibility index (Phi) is 7.15.